The first-order valence-corrected chi connectivity index (χ1v) is 9.04. The van der Waals surface area contributed by atoms with E-state index >= 15 is 0 Å². The maximum absolute atomic E-state index is 12.9. The van der Waals surface area contributed by atoms with Crippen LogP contribution in [-0.2, 0) is 4.79 Å². The van der Waals surface area contributed by atoms with Gasteiger partial charge in [0.15, 0.2) is 0 Å². The Bertz CT molecular complexity index is 935. The Kier molecular flexibility index (Phi) is 4.52. The number of carbonyl (C=O) groups is 1. The van der Waals surface area contributed by atoms with E-state index in [1.165, 1.54) is 0 Å². The van der Waals surface area contributed by atoms with Gasteiger partial charge in [0, 0.05) is 36.1 Å². The van der Waals surface area contributed by atoms with Crippen LogP contribution in [0.5, 0.6) is 0 Å². The first-order valence-electron chi connectivity index (χ1n) is 9.04. The quantitative estimate of drug-likeness (QED) is 0.784. The molecule has 5 nitrogen and oxygen atoms in total. The second-order valence-corrected chi connectivity index (χ2v) is 6.80. The number of aryl methyl sites for hydroxylation is 1. The van der Waals surface area contributed by atoms with Crippen molar-refractivity contribution < 1.29 is 4.79 Å². The minimum atomic E-state index is -0.0631. The highest BCUT2D eigenvalue weighted by Crippen LogP contribution is 2.26. The van der Waals surface area contributed by atoms with E-state index in [4.69, 9.17) is 0 Å². The van der Waals surface area contributed by atoms with E-state index in [-0.39, 0.29) is 11.8 Å². The smallest absolute Gasteiger partial charge is 0.229 e. The van der Waals surface area contributed by atoms with Gasteiger partial charge < -0.3 is 10.2 Å². The van der Waals surface area contributed by atoms with Crippen molar-refractivity contribution in [2.75, 3.05) is 23.3 Å². The van der Waals surface area contributed by atoms with Gasteiger partial charge in [0.05, 0.1) is 5.92 Å². The summed E-state index contributed by atoms with van der Waals surface area (Å²) in [5, 5.41) is 5.33. The predicted octanol–water partition coefficient (Wildman–Crippen LogP) is 3.79. The Morgan fingerprint density at radius 1 is 1.15 bits per heavy atom. The normalized spacial score (nSPS) is 17.3. The van der Waals surface area contributed by atoms with Gasteiger partial charge in [-0.05, 0) is 37.3 Å². The second kappa shape index (κ2) is 7.12. The average molecular weight is 346 g/mol. The third kappa shape index (κ3) is 3.38. The molecule has 2 aromatic carbocycles. The Hall–Kier alpha value is -2.95. The van der Waals surface area contributed by atoms with Crippen LogP contribution in [0.1, 0.15) is 18.5 Å². The molecule has 1 N–H and O–H groups in total. The van der Waals surface area contributed by atoms with Crippen LogP contribution in [0.2, 0.25) is 0 Å². The van der Waals surface area contributed by atoms with Gasteiger partial charge in [-0.3, -0.25) is 4.79 Å². The largest absolute Gasteiger partial charge is 0.340 e. The molecule has 0 spiro atoms. The van der Waals surface area contributed by atoms with Gasteiger partial charge >= 0.3 is 0 Å². The van der Waals surface area contributed by atoms with Crippen LogP contribution in [-0.4, -0.2) is 29.0 Å². The number of amides is 1. The van der Waals surface area contributed by atoms with E-state index in [1.807, 2.05) is 43.3 Å². The standard InChI is InChI=1S/C21H22N4O/c1-15-11-12-22-21(23-15)25-13-5-8-17(14-25)20(26)24-19-10-4-7-16-6-2-3-9-18(16)19/h2-4,6-7,9-12,17H,5,8,13-14H2,1H3,(H,24,26)/t17-/m1/s1. The average Bonchev–Trinajstić information content (AvgIpc) is 2.68. The number of rotatable bonds is 3. The van der Waals surface area contributed by atoms with Crippen molar-refractivity contribution in [3.63, 3.8) is 0 Å². The van der Waals surface area contributed by atoms with Crippen LogP contribution in [0.3, 0.4) is 0 Å². The molecule has 5 heteroatoms. The zero-order valence-electron chi connectivity index (χ0n) is 14.9. The number of anilines is 2. The molecule has 1 fully saturated rings. The Morgan fingerprint density at radius 3 is 2.88 bits per heavy atom. The van der Waals surface area contributed by atoms with E-state index in [2.05, 4.69) is 32.3 Å². The Morgan fingerprint density at radius 2 is 2.00 bits per heavy atom. The number of nitrogens with zero attached hydrogens (tertiary/aromatic N) is 3. The topological polar surface area (TPSA) is 58.1 Å². The van der Waals surface area contributed by atoms with E-state index in [1.54, 1.807) is 6.20 Å². The third-order valence-electron chi connectivity index (χ3n) is 4.90. The summed E-state index contributed by atoms with van der Waals surface area (Å²) in [4.78, 5) is 23.9. The molecule has 4 rings (SSSR count). The number of nitrogens with one attached hydrogen (secondary N) is 1. The van der Waals surface area contributed by atoms with Crippen LogP contribution in [0.15, 0.2) is 54.7 Å². The molecule has 1 aliphatic heterocycles. The fraction of sp³-hybridized carbons (Fsp3) is 0.286. The number of carbonyl (C=O) groups excluding carboxylic acids is 1. The summed E-state index contributed by atoms with van der Waals surface area (Å²) in [5.74, 6) is 0.721. The first kappa shape index (κ1) is 16.5. The lowest BCUT2D eigenvalue weighted by Crippen LogP contribution is -2.41. The zero-order chi connectivity index (χ0) is 17.9. The lowest BCUT2D eigenvalue weighted by molar-refractivity contribution is -0.120. The van der Waals surface area contributed by atoms with Crippen molar-refractivity contribution >= 4 is 28.3 Å². The van der Waals surface area contributed by atoms with Crippen molar-refractivity contribution in [1.29, 1.82) is 0 Å². The molecule has 1 atom stereocenters. The van der Waals surface area contributed by atoms with Crippen molar-refractivity contribution in [3.8, 4) is 0 Å². The van der Waals surface area contributed by atoms with Crippen molar-refractivity contribution in [1.82, 2.24) is 9.97 Å². The molecule has 0 saturated carbocycles. The number of hydrogen-bond acceptors (Lipinski definition) is 4. The van der Waals surface area contributed by atoms with Gasteiger partial charge in [0.1, 0.15) is 0 Å². The summed E-state index contributed by atoms with van der Waals surface area (Å²) in [7, 11) is 0. The molecule has 3 aromatic rings. The molecule has 1 saturated heterocycles. The summed E-state index contributed by atoms with van der Waals surface area (Å²) in [6.45, 7) is 3.50. The summed E-state index contributed by atoms with van der Waals surface area (Å²) in [6, 6.07) is 16.0. The third-order valence-corrected chi connectivity index (χ3v) is 4.90. The van der Waals surface area contributed by atoms with Crippen molar-refractivity contribution in [2.24, 2.45) is 5.92 Å². The first-order chi connectivity index (χ1) is 12.7. The number of benzene rings is 2. The van der Waals surface area contributed by atoms with E-state index in [0.29, 0.717) is 12.5 Å². The fourth-order valence-corrected chi connectivity index (χ4v) is 3.53. The number of aromatic nitrogens is 2. The molecule has 132 valence electrons. The lowest BCUT2D eigenvalue weighted by atomic mass is 9.97. The maximum atomic E-state index is 12.9. The molecular weight excluding hydrogens is 324 g/mol. The summed E-state index contributed by atoms with van der Waals surface area (Å²) >= 11 is 0. The molecule has 26 heavy (non-hydrogen) atoms. The highest BCUT2D eigenvalue weighted by molar-refractivity contribution is 6.02. The van der Waals surface area contributed by atoms with Gasteiger partial charge in [-0.25, -0.2) is 9.97 Å². The molecule has 1 aliphatic rings. The Balaban J connectivity index is 1.51. The molecule has 0 bridgehead atoms. The summed E-state index contributed by atoms with van der Waals surface area (Å²) < 4.78 is 0. The van der Waals surface area contributed by atoms with Gasteiger partial charge in [0.25, 0.3) is 0 Å². The van der Waals surface area contributed by atoms with Crippen LogP contribution in [0.4, 0.5) is 11.6 Å². The number of hydrogen-bond donors (Lipinski definition) is 1. The van der Waals surface area contributed by atoms with Crippen LogP contribution in [0, 0.1) is 12.8 Å². The summed E-state index contributed by atoms with van der Waals surface area (Å²) in [6.07, 6.45) is 3.63. The van der Waals surface area contributed by atoms with Gasteiger partial charge in [0.2, 0.25) is 11.9 Å². The van der Waals surface area contributed by atoms with E-state index in [0.717, 1.165) is 41.5 Å². The van der Waals surface area contributed by atoms with Crippen LogP contribution in [0.25, 0.3) is 10.8 Å². The molecule has 1 aromatic heterocycles. The van der Waals surface area contributed by atoms with E-state index < -0.39 is 0 Å². The predicted molar refractivity (Wildman–Crippen MR) is 104 cm³/mol. The number of fused-ring (bicyclic) bond motifs is 1. The van der Waals surface area contributed by atoms with Crippen LogP contribution < -0.4 is 10.2 Å². The highest BCUT2D eigenvalue weighted by atomic mass is 16.1. The lowest BCUT2D eigenvalue weighted by Gasteiger charge is -2.32. The minimum absolute atomic E-state index is 0.0631. The molecule has 0 radical (unpaired) electrons. The van der Waals surface area contributed by atoms with Crippen molar-refractivity contribution in [2.45, 2.75) is 19.8 Å². The molecule has 0 unspecified atom stereocenters. The molecule has 2 heterocycles. The molecule has 1 amide bonds. The molecular formula is C21H22N4O. The monoisotopic (exact) mass is 346 g/mol. The van der Waals surface area contributed by atoms with Gasteiger partial charge in [-0.1, -0.05) is 36.4 Å². The SMILES string of the molecule is Cc1ccnc(N2CCC[C@@H](C(=O)Nc3cccc4ccccc34)C2)n1. The minimum Gasteiger partial charge on any atom is -0.340 e. The van der Waals surface area contributed by atoms with Crippen molar-refractivity contribution in [3.05, 3.63) is 60.4 Å². The van der Waals surface area contributed by atoms with E-state index in [9.17, 15) is 4.79 Å². The summed E-state index contributed by atoms with van der Waals surface area (Å²) in [5.41, 5.74) is 1.81. The molecule has 0 aliphatic carbocycles. The fourth-order valence-electron chi connectivity index (χ4n) is 3.53. The van der Waals surface area contributed by atoms with Crippen LogP contribution >= 0.6 is 0 Å². The van der Waals surface area contributed by atoms with Gasteiger partial charge in [-0.15, -0.1) is 0 Å². The second-order valence-electron chi connectivity index (χ2n) is 6.80. The Labute approximate surface area is 153 Å². The zero-order valence-corrected chi connectivity index (χ0v) is 14.9. The maximum Gasteiger partial charge on any atom is 0.229 e. The highest BCUT2D eigenvalue weighted by Gasteiger charge is 2.27. The number of piperidine rings is 1. The van der Waals surface area contributed by atoms with Gasteiger partial charge in [-0.2, -0.15) is 0 Å².